The average Bonchev–Trinajstić information content (AvgIpc) is 3.15. The first-order valence-corrected chi connectivity index (χ1v) is 9.30. The summed E-state index contributed by atoms with van der Waals surface area (Å²) in [6.07, 6.45) is 1.69. The summed E-state index contributed by atoms with van der Waals surface area (Å²) in [6, 6.07) is 12.1. The van der Waals surface area contributed by atoms with Crippen molar-refractivity contribution in [3.05, 3.63) is 70.0 Å². The molecule has 7 nitrogen and oxygen atoms in total. The topological polar surface area (TPSA) is 94.3 Å². The predicted octanol–water partition coefficient (Wildman–Crippen LogP) is 3.64. The van der Waals surface area contributed by atoms with Gasteiger partial charge in [-0.15, -0.1) is 11.3 Å². The molecule has 1 amide bonds. The smallest absolute Gasteiger partial charge is 0.336 e. The van der Waals surface area contributed by atoms with Gasteiger partial charge in [-0.05, 0) is 36.8 Å². The van der Waals surface area contributed by atoms with Crippen LogP contribution < -0.4 is 15.7 Å². The van der Waals surface area contributed by atoms with Crippen molar-refractivity contribution in [2.45, 2.75) is 6.92 Å². The van der Waals surface area contributed by atoms with E-state index in [9.17, 15) is 9.59 Å². The van der Waals surface area contributed by atoms with Gasteiger partial charge in [-0.3, -0.25) is 15.1 Å². The zero-order valence-corrected chi connectivity index (χ0v) is 15.7. The molecule has 0 aliphatic carbocycles. The second-order valence-electron chi connectivity index (χ2n) is 6.00. The minimum absolute atomic E-state index is 0.194. The van der Waals surface area contributed by atoms with Crippen LogP contribution >= 0.6 is 11.3 Å². The standard InChI is InChI=1S/C20H15N3O4S/c1-12-8-19(25)27-17-9-13(5-6-14(12)17)26-10-18(24)23-20-22-16(11-28-20)15-4-2-3-7-21-15/h2-9,11H,10H2,1H3,(H,22,23,24). The van der Waals surface area contributed by atoms with Gasteiger partial charge in [0.05, 0.1) is 5.69 Å². The lowest BCUT2D eigenvalue weighted by atomic mass is 10.1. The first-order chi connectivity index (χ1) is 13.6. The summed E-state index contributed by atoms with van der Waals surface area (Å²) in [5, 5.41) is 5.81. The highest BCUT2D eigenvalue weighted by molar-refractivity contribution is 7.14. The summed E-state index contributed by atoms with van der Waals surface area (Å²) in [4.78, 5) is 32.2. The largest absolute Gasteiger partial charge is 0.484 e. The fourth-order valence-electron chi connectivity index (χ4n) is 2.66. The van der Waals surface area contributed by atoms with Crippen molar-refractivity contribution in [1.29, 1.82) is 0 Å². The Kier molecular flexibility index (Phi) is 4.86. The lowest BCUT2D eigenvalue weighted by molar-refractivity contribution is -0.118. The van der Waals surface area contributed by atoms with Gasteiger partial charge in [-0.2, -0.15) is 0 Å². The second kappa shape index (κ2) is 7.61. The van der Waals surface area contributed by atoms with Crippen LogP contribution in [-0.4, -0.2) is 22.5 Å². The predicted molar refractivity (Wildman–Crippen MR) is 107 cm³/mol. The van der Waals surface area contributed by atoms with E-state index in [2.05, 4.69) is 15.3 Å². The highest BCUT2D eigenvalue weighted by Gasteiger charge is 2.10. The minimum atomic E-state index is -0.424. The molecule has 140 valence electrons. The Morgan fingerprint density at radius 2 is 2.11 bits per heavy atom. The number of thiazole rings is 1. The molecule has 0 spiro atoms. The van der Waals surface area contributed by atoms with Crippen LogP contribution in [0.4, 0.5) is 5.13 Å². The fourth-order valence-corrected chi connectivity index (χ4v) is 3.38. The number of carbonyl (C=O) groups excluding carboxylic acids is 1. The van der Waals surface area contributed by atoms with Gasteiger partial charge < -0.3 is 9.15 Å². The average molecular weight is 393 g/mol. The van der Waals surface area contributed by atoms with Crippen molar-refractivity contribution in [1.82, 2.24) is 9.97 Å². The monoisotopic (exact) mass is 393 g/mol. The molecule has 0 saturated carbocycles. The lowest BCUT2D eigenvalue weighted by Crippen LogP contribution is -2.20. The third-order valence-electron chi connectivity index (χ3n) is 3.97. The third kappa shape index (κ3) is 3.91. The number of carbonyl (C=O) groups is 1. The number of aryl methyl sites for hydroxylation is 1. The molecule has 0 aliphatic heterocycles. The Balaban J connectivity index is 1.40. The summed E-state index contributed by atoms with van der Waals surface area (Å²) in [5.41, 5.74) is 2.25. The zero-order chi connectivity index (χ0) is 19.5. The maximum absolute atomic E-state index is 12.1. The molecule has 0 atom stereocenters. The molecule has 8 heteroatoms. The number of fused-ring (bicyclic) bond motifs is 1. The molecule has 0 fully saturated rings. The molecule has 28 heavy (non-hydrogen) atoms. The van der Waals surface area contributed by atoms with Crippen molar-refractivity contribution in [3.63, 3.8) is 0 Å². The van der Waals surface area contributed by atoms with Crippen molar-refractivity contribution < 1.29 is 13.9 Å². The Morgan fingerprint density at radius 3 is 2.93 bits per heavy atom. The first kappa shape index (κ1) is 17.9. The van der Waals surface area contributed by atoms with Gasteiger partial charge >= 0.3 is 5.63 Å². The van der Waals surface area contributed by atoms with Crippen LogP contribution in [-0.2, 0) is 4.79 Å². The molecular formula is C20H15N3O4S. The number of nitrogens with one attached hydrogen (secondary N) is 1. The lowest BCUT2D eigenvalue weighted by Gasteiger charge is -2.07. The summed E-state index contributed by atoms with van der Waals surface area (Å²) in [6.45, 7) is 1.64. The molecule has 0 unspecified atom stereocenters. The summed E-state index contributed by atoms with van der Waals surface area (Å²) in [5.74, 6) is 0.0948. The summed E-state index contributed by atoms with van der Waals surface area (Å²) in [7, 11) is 0. The van der Waals surface area contributed by atoms with Crippen LogP contribution in [0.5, 0.6) is 5.75 Å². The number of rotatable bonds is 5. The number of ether oxygens (including phenoxy) is 1. The van der Waals surface area contributed by atoms with Crippen molar-refractivity contribution in [2.24, 2.45) is 0 Å². The van der Waals surface area contributed by atoms with E-state index in [0.717, 1.165) is 16.6 Å². The molecule has 4 aromatic rings. The van der Waals surface area contributed by atoms with Gasteiger partial charge in [0.25, 0.3) is 5.91 Å². The normalized spacial score (nSPS) is 10.8. The minimum Gasteiger partial charge on any atom is -0.484 e. The van der Waals surface area contributed by atoms with E-state index in [4.69, 9.17) is 9.15 Å². The number of anilines is 1. The van der Waals surface area contributed by atoms with Crippen molar-refractivity contribution in [3.8, 4) is 17.1 Å². The van der Waals surface area contributed by atoms with Crippen LogP contribution in [0.25, 0.3) is 22.4 Å². The number of aromatic nitrogens is 2. The third-order valence-corrected chi connectivity index (χ3v) is 4.73. The SMILES string of the molecule is Cc1cc(=O)oc2cc(OCC(=O)Nc3nc(-c4ccccn4)cs3)ccc12. The molecule has 4 rings (SSSR count). The molecule has 1 aromatic carbocycles. The van der Waals surface area contributed by atoms with E-state index < -0.39 is 5.63 Å². The molecule has 1 N–H and O–H groups in total. The Morgan fingerprint density at radius 1 is 1.21 bits per heavy atom. The Bertz CT molecular complexity index is 1200. The van der Waals surface area contributed by atoms with E-state index >= 15 is 0 Å². The first-order valence-electron chi connectivity index (χ1n) is 8.42. The van der Waals surface area contributed by atoms with Crippen LogP contribution in [0.2, 0.25) is 0 Å². The van der Waals surface area contributed by atoms with E-state index in [1.54, 1.807) is 24.4 Å². The van der Waals surface area contributed by atoms with E-state index in [1.807, 2.05) is 30.5 Å². The van der Waals surface area contributed by atoms with Gasteiger partial charge in [-0.25, -0.2) is 9.78 Å². The van der Waals surface area contributed by atoms with E-state index in [0.29, 0.717) is 22.2 Å². The van der Waals surface area contributed by atoms with Crippen LogP contribution in [0.15, 0.2) is 63.3 Å². The maximum atomic E-state index is 12.1. The van der Waals surface area contributed by atoms with Gasteiger partial charge in [0.15, 0.2) is 11.7 Å². The zero-order valence-electron chi connectivity index (χ0n) is 14.8. The molecule has 0 saturated heterocycles. The highest BCUT2D eigenvalue weighted by Crippen LogP contribution is 2.24. The number of hydrogen-bond donors (Lipinski definition) is 1. The van der Waals surface area contributed by atoms with Crippen molar-refractivity contribution in [2.75, 3.05) is 11.9 Å². The van der Waals surface area contributed by atoms with E-state index in [1.165, 1.54) is 17.4 Å². The van der Waals surface area contributed by atoms with Crippen LogP contribution in [0.1, 0.15) is 5.56 Å². The number of amides is 1. The van der Waals surface area contributed by atoms with Crippen LogP contribution in [0, 0.1) is 6.92 Å². The fraction of sp³-hybridized carbons (Fsp3) is 0.100. The maximum Gasteiger partial charge on any atom is 0.336 e. The molecule has 3 heterocycles. The quantitative estimate of drug-likeness (QED) is 0.520. The number of benzene rings is 1. The molecule has 3 aromatic heterocycles. The van der Waals surface area contributed by atoms with Crippen molar-refractivity contribution >= 4 is 33.3 Å². The number of hydrogen-bond acceptors (Lipinski definition) is 7. The number of nitrogens with zero attached hydrogens (tertiary/aromatic N) is 2. The van der Waals surface area contributed by atoms with Gasteiger partial charge in [-0.1, -0.05) is 6.07 Å². The van der Waals surface area contributed by atoms with Gasteiger partial charge in [0, 0.05) is 29.1 Å². The summed E-state index contributed by atoms with van der Waals surface area (Å²) < 4.78 is 10.7. The Labute approximate surface area is 163 Å². The molecular weight excluding hydrogens is 378 g/mol. The Hall–Kier alpha value is -3.52. The summed E-state index contributed by atoms with van der Waals surface area (Å²) >= 11 is 1.31. The second-order valence-corrected chi connectivity index (χ2v) is 6.85. The molecule has 0 aliphatic rings. The van der Waals surface area contributed by atoms with Gasteiger partial charge in [0.1, 0.15) is 17.0 Å². The van der Waals surface area contributed by atoms with E-state index in [-0.39, 0.29) is 12.5 Å². The molecule has 0 bridgehead atoms. The van der Waals surface area contributed by atoms with Crippen LogP contribution in [0.3, 0.4) is 0 Å². The molecule has 0 radical (unpaired) electrons. The number of pyridine rings is 1. The highest BCUT2D eigenvalue weighted by atomic mass is 32.1. The van der Waals surface area contributed by atoms with Gasteiger partial charge in [0.2, 0.25) is 0 Å².